The second-order valence-electron chi connectivity index (χ2n) is 4.88. The average Bonchev–Trinajstić information content (AvgIpc) is 2.81. The fraction of sp³-hybridized carbons (Fsp3) is 0.571. The Labute approximate surface area is 119 Å². The number of rotatable bonds is 6. The Balaban J connectivity index is 1.59. The van der Waals surface area contributed by atoms with Gasteiger partial charge in [-0.3, -0.25) is 4.79 Å². The third kappa shape index (κ3) is 4.84. The van der Waals surface area contributed by atoms with E-state index >= 15 is 0 Å². The van der Waals surface area contributed by atoms with Gasteiger partial charge in [0, 0.05) is 12.2 Å². The van der Waals surface area contributed by atoms with Crippen LogP contribution in [0.4, 0.5) is 5.82 Å². The van der Waals surface area contributed by atoms with E-state index < -0.39 is 0 Å². The molecule has 0 aromatic carbocycles. The molecule has 0 saturated carbocycles. The second-order valence-corrected chi connectivity index (χ2v) is 5.99. The summed E-state index contributed by atoms with van der Waals surface area (Å²) in [5, 5.41) is 2.80. The standard InChI is InChI=1S/C14H21N3OS/c1-17-9-4-5-12(17)7-10-19-11-14(18)16-13-6-2-3-8-15-13/h2-3,6,8,12H,4-5,7,9-11H2,1H3,(H,15,16,18). The summed E-state index contributed by atoms with van der Waals surface area (Å²) in [6.07, 6.45) is 5.47. The zero-order valence-electron chi connectivity index (χ0n) is 11.3. The van der Waals surface area contributed by atoms with Crippen LogP contribution in [0.3, 0.4) is 0 Å². The van der Waals surface area contributed by atoms with Gasteiger partial charge < -0.3 is 10.2 Å². The molecule has 1 aliphatic rings. The third-order valence-electron chi connectivity index (χ3n) is 3.43. The summed E-state index contributed by atoms with van der Waals surface area (Å²) in [7, 11) is 2.19. The minimum atomic E-state index is 0.0310. The van der Waals surface area contributed by atoms with Gasteiger partial charge >= 0.3 is 0 Å². The third-order valence-corrected chi connectivity index (χ3v) is 4.42. The molecule has 4 nitrogen and oxygen atoms in total. The Kier molecular flexibility index (Phi) is 5.66. The minimum absolute atomic E-state index is 0.0310. The zero-order chi connectivity index (χ0) is 13.5. The Morgan fingerprint density at radius 3 is 3.16 bits per heavy atom. The fourth-order valence-corrected chi connectivity index (χ4v) is 3.18. The van der Waals surface area contributed by atoms with E-state index in [1.165, 1.54) is 25.8 Å². The van der Waals surface area contributed by atoms with Gasteiger partial charge in [0.1, 0.15) is 5.82 Å². The summed E-state index contributed by atoms with van der Waals surface area (Å²) in [6, 6.07) is 6.22. The maximum atomic E-state index is 11.7. The van der Waals surface area contributed by atoms with Gasteiger partial charge in [-0.2, -0.15) is 11.8 Å². The first-order valence-corrected chi connectivity index (χ1v) is 7.90. The summed E-state index contributed by atoms with van der Waals surface area (Å²) in [5.74, 6) is 2.21. The molecule has 1 aromatic rings. The molecule has 5 heteroatoms. The average molecular weight is 279 g/mol. The van der Waals surface area contributed by atoms with E-state index in [-0.39, 0.29) is 5.91 Å². The Hall–Kier alpha value is -1.07. The number of likely N-dealkylation sites (tertiary alicyclic amines) is 1. The lowest BCUT2D eigenvalue weighted by molar-refractivity contribution is -0.113. The molecular weight excluding hydrogens is 258 g/mol. The largest absolute Gasteiger partial charge is 0.310 e. The van der Waals surface area contributed by atoms with Crippen molar-refractivity contribution >= 4 is 23.5 Å². The number of anilines is 1. The highest BCUT2D eigenvalue weighted by Gasteiger charge is 2.20. The lowest BCUT2D eigenvalue weighted by Gasteiger charge is -2.18. The molecule has 1 atom stereocenters. The Morgan fingerprint density at radius 1 is 1.58 bits per heavy atom. The minimum Gasteiger partial charge on any atom is -0.310 e. The molecule has 0 radical (unpaired) electrons. The summed E-state index contributed by atoms with van der Waals surface area (Å²) < 4.78 is 0. The molecule has 104 valence electrons. The molecule has 1 amide bonds. The summed E-state index contributed by atoms with van der Waals surface area (Å²) in [6.45, 7) is 1.22. The first kappa shape index (κ1) is 14.3. The van der Waals surface area contributed by atoms with Crippen molar-refractivity contribution in [2.24, 2.45) is 0 Å². The van der Waals surface area contributed by atoms with Crippen LogP contribution in [0.25, 0.3) is 0 Å². The van der Waals surface area contributed by atoms with E-state index in [0.717, 1.165) is 5.75 Å². The SMILES string of the molecule is CN1CCCC1CCSCC(=O)Nc1ccccn1. The Morgan fingerprint density at radius 2 is 2.47 bits per heavy atom. The molecule has 1 saturated heterocycles. The highest BCUT2D eigenvalue weighted by molar-refractivity contribution is 7.99. The highest BCUT2D eigenvalue weighted by atomic mass is 32.2. The van der Waals surface area contributed by atoms with Crippen LogP contribution in [0.15, 0.2) is 24.4 Å². The van der Waals surface area contributed by atoms with E-state index in [0.29, 0.717) is 17.6 Å². The molecule has 1 aliphatic heterocycles. The number of thioether (sulfide) groups is 1. The van der Waals surface area contributed by atoms with Crippen molar-refractivity contribution in [3.63, 3.8) is 0 Å². The van der Waals surface area contributed by atoms with Gasteiger partial charge in [-0.25, -0.2) is 4.98 Å². The molecule has 1 fully saturated rings. The van der Waals surface area contributed by atoms with Crippen LogP contribution in [0, 0.1) is 0 Å². The van der Waals surface area contributed by atoms with Gasteiger partial charge in [-0.05, 0) is 50.7 Å². The first-order chi connectivity index (χ1) is 9.25. The van der Waals surface area contributed by atoms with Crippen molar-refractivity contribution in [2.45, 2.75) is 25.3 Å². The van der Waals surface area contributed by atoms with E-state index in [1.807, 2.05) is 12.1 Å². The quantitative estimate of drug-likeness (QED) is 0.811. The van der Waals surface area contributed by atoms with Crippen molar-refractivity contribution in [3.05, 3.63) is 24.4 Å². The molecule has 2 rings (SSSR count). The number of pyridine rings is 1. The normalized spacial score (nSPS) is 19.5. The number of hydrogen-bond acceptors (Lipinski definition) is 4. The predicted octanol–water partition coefficient (Wildman–Crippen LogP) is 2.24. The summed E-state index contributed by atoms with van der Waals surface area (Å²) in [5.41, 5.74) is 0. The lowest BCUT2D eigenvalue weighted by Crippen LogP contribution is -2.25. The van der Waals surface area contributed by atoms with Crippen LogP contribution in [0.1, 0.15) is 19.3 Å². The van der Waals surface area contributed by atoms with Crippen LogP contribution in [-0.2, 0) is 4.79 Å². The maximum Gasteiger partial charge on any atom is 0.235 e. The second kappa shape index (κ2) is 7.50. The van der Waals surface area contributed by atoms with Crippen molar-refractivity contribution in [1.82, 2.24) is 9.88 Å². The molecule has 19 heavy (non-hydrogen) atoms. The zero-order valence-corrected chi connectivity index (χ0v) is 12.2. The number of carbonyl (C=O) groups is 1. The number of carbonyl (C=O) groups excluding carboxylic acids is 1. The molecule has 0 spiro atoms. The van der Waals surface area contributed by atoms with Gasteiger partial charge in [0.25, 0.3) is 0 Å². The summed E-state index contributed by atoms with van der Waals surface area (Å²) >= 11 is 1.70. The van der Waals surface area contributed by atoms with Crippen LogP contribution in [0.5, 0.6) is 0 Å². The number of nitrogens with zero attached hydrogens (tertiary/aromatic N) is 2. The highest BCUT2D eigenvalue weighted by Crippen LogP contribution is 2.19. The molecule has 0 aliphatic carbocycles. The van der Waals surface area contributed by atoms with Crippen LogP contribution in [-0.4, -0.2) is 46.9 Å². The lowest BCUT2D eigenvalue weighted by atomic mass is 10.2. The van der Waals surface area contributed by atoms with E-state index in [9.17, 15) is 4.79 Å². The number of hydrogen-bond donors (Lipinski definition) is 1. The monoisotopic (exact) mass is 279 g/mol. The van der Waals surface area contributed by atoms with Gasteiger partial charge in [-0.1, -0.05) is 6.07 Å². The maximum absolute atomic E-state index is 11.7. The first-order valence-electron chi connectivity index (χ1n) is 6.74. The number of nitrogens with one attached hydrogen (secondary N) is 1. The van der Waals surface area contributed by atoms with Gasteiger partial charge in [0.2, 0.25) is 5.91 Å². The number of aromatic nitrogens is 1. The van der Waals surface area contributed by atoms with Crippen LogP contribution in [0.2, 0.25) is 0 Å². The smallest absolute Gasteiger partial charge is 0.235 e. The topological polar surface area (TPSA) is 45.2 Å². The van der Waals surface area contributed by atoms with Crippen LogP contribution >= 0.6 is 11.8 Å². The van der Waals surface area contributed by atoms with E-state index in [1.54, 1.807) is 24.0 Å². The van der Waals surface area contributed by atoms with Gasteiger partial charge in [0.15, 0.2) is 0 Å². The molecular formula is C14H21N3OS. The van der Waals surface area contributed by atoms with Crippen molar-refractivity contribution < 1.29 is 4.79 Å². The van der Waals surface area contributed by atoms with Gasteiger partial charge in [-0.15, -0.1) is 0 Å². The van der Waals surface area contributed by atoms with Crippen molar-refractivity contribution in [1.29, 1.82) is 0 Å². The fourth-order valence-electron chi connectivity index (χ4n) is 2.34. The van der Waals surface area contributed by atoms with E-state index in [2.05, 4.69) is 22.2 Å². The molecule has 1 unspecified atom stereocenters. The predicted molar refractivity (Wildman–Crippen MR) is 80.5 cm³/mol. The molecule has 2 heterocycles. The Bertz CT molecular complexity index is 399. The molecule has 1 aromatic heterocycles. The van der Waals surface area contributed by atoms with Crippen molar-refractivity contribution in [3.8, 4) is 0 Å². The van der Waals surface area contributed by atoms with Crippen molar-refractivity contribution in [2.75, 3.05) is 30.4 Å². The van der Waals surface area contributed by atoms with E-state index in [4.69, 9.17) is 0 Å². The molecule has 0 bridgehead atoms. The van der Waals surface area contributed by atoms with Crippen LogP contribution < -0.4 is 5.32 Å². The molecule has 1 N–H and O–H groups in total. The number of amides is 1. The summed E-state index contributed by atoms with van der Waals surface area (Å²) in [4.78, 5) is 18.2. The van der Waals surface area contributed by atoms with Gasteiger partial charge in [0.05, 0.1) is 5.75 Å².